The Kier molecular flexibility index (Phi) is 3.50. The summed E-state index contributed by atoms with van der Waals surface area (Å²) in [6.07, 6.45) is 2.49. The van der Waals surface area contributed by atoms with Crippen molar-refractivity contribution in [2.45, 2.75) is 18.9 Å². The number of benzene rings is 1. The Morgan fingerprint density at radius 2 is 2.35 bits per heavy atom. The molecule has 0 saturated carbocycles. The van der Waals surface area contributed by atoms with E-state index in [2.05, 4.69) is 11.0 Å². The number of hydrogen-bond donors (Lipinski definition) is 1. The molecule has 0 amide bonds. The Labute approximate surface area is 102 Å². The second-order valence-electron chi connectivity index (χ2n) is 4.33. The quantitative estimate of drug-likeness (QED) is 0.788. The van der Waals surface area contributed by atoms with Crippen molar-refractivity contribution in [3.05, 3.63) is 23.8 Å². The van der Waals surface area contributed by atoms with Crippen LogP contribution in [0.1, 0.15) is 18.4 Å². The van der Waals surface area contributed by atoms with Crippen molar-refractivity contribution in [3.63, 3.8) is 0 Å². The molecule has 1 heterocycles. The first kappa shape index (κ1) is 11.7. The third-order valence-electron chi connectivity index (χ3n) is 3.21. The Morgan fingerprint density at radius 1 is 1.53 bits per heavy atom. The fraction of sp³-hybridized carbons (Fsp3) is 0.462. The van der Waals surface area contributed by atoms with Crippen molar-refractivity contribution in [1.29, 1.82) is 5.26 Å². The zero-order valence-corrected chi connectivity index (χ0v) is 10.0. The number of methoxy groups -OCH3 is 1. The molecule has 1 aromatic carbocycles. The lowest BCUT2D eigenvalue weighted by Gasteiger charge is -2.34. The molecule has 90 valence electrons. The molecule has 4 nitrogen and oxygen atoms in total. The summed E-state index contributed by atoms with van der Waals surface area (Å²) in [7, 11) is 1.75. The molecule has 0 aliphatic carbocycles. The maximum absolute atomic E-state index is 8.80. The van der Waals surface area contributed by atoms with E-state index in [1.807, 2.05) is 12.1 Å². The number of rotatable bonds is 2. The maximum atomic E-state index is 8.80. The predicted octanol–water partition coefficient (Wildman–Crippen LogP) is 1.76. The molecular formula is C13H17N3O. The van der Waals surface area contributed by atoms with E-state index in [1.54, 1.807) is 13.2 Å². The molecule has 1 saturated heterocycles. The van der Waals surface area contributed by atoms with Gasteiger partial charge in [-0.1, -0.05) is 0 Å². The van der Waals surface area contributed by atoms with Gasteiger partial charge in [0, 0.05) is 20.2 Å². The summed E-state index contributed by atoms with van der Waals surface area (Å²) in [5.41, 5.74) is 8.26. The van der Waals surface area contributed by atoms with E-state index in [9.17, 15) is 0 Å². The highest BCUT2D eigenvalue weighted by Gasteiger charge is 2.20. The molecule has 0 spiro atoms. The van der Waals surface area contributed by atoms with Gasteiger partial charge in [0.1, 0.15) is 0 Å². The van der Waals surface area contributed by atoms with Crippen molar-refractivity contribution >= 4 is 11.4 Å². The van der Waals surface area contributed by atoms with Crippen LogP contribution in [0.4, 0.5) is 11.4 Å². The van der Waals surface area contributed by atoms with Crippen LogP contribution in [0.2, 0.25) is 0 Å². The van der Waals surface area contributed by atoms with Gasteiger partial charge in [0.05, 0.1) is 29.1 Å². The molecule has 2 rings (SSSR count). The van der Waals surface area contributed by atoms with Crippen LogP contribution in [-0.4, -0.2) is 26.3 Å². The average Bonchev–Trinajstić information content (AvgIpc) is 2.38. The summed E-state index contributed by atoms with van der Waals surface area (Å²) in [6, 6.07) is 7.55. The van der Waals surface area contributed by atoms with Gasteiger partial charge in [-0.25, -0.2) is 0 Å². The van der Waals surface area contributed by atoms with E-state index in [4.69, 9.17) is 15.7 Å². The van der Waals surface area contributed by atoms with E-state index < -0.39 is 0 Å². The monoisotopic (exact) mass is 231 g/mol. The molecule has 1 aliphatic rings. The summed E-state index contributed by atoms with van der Waals surface area (Å²) in [5.74, 6) is 0. The van der Waals surface area contributed by atoms with Crippen LogP contribution in [0.5, 0.6) is 0 Å². The molecule has 4 heteroatoms. The Hall–Kier alpha value is -1.73. The normalized spacial score (nSPS) is 20.0. The third kappa shape index (κ3) is 2.51. The number of nitrogens with zero attached hydrogens (tertiary/aromatic N) is 2. The topological polar surface area (TPSA) is 62.3 Å². The van der Waals surface area contributed by atoms with Crippen LogP contribution in [0.15, 0.2) is 18.2 Å². The minimum atomic E-state index is 0.277. The molecule has 1 atom stereocenters. The highest BCUT2D eigenvalue weighted by molar-refractivity contribution is 5.69. The van der Waals surface area contributed by atoms with Crippen molar-refractivity contribution in [3.8, 4) is 6.07 Å². The fourth-order valence-electron chi connectivity index (χ4n) is 2.26. The Balaban J connectivity index is 2.19. The summed E-state index contributed by atoms with van der Waals surface area (Å²) in [6.45, 7) is 1.86. The molecule has 0 radical (unpaired) electrons. The van der Waals surface area contributed by atoms with Crippen molar-refractivity contribution in [2.75, 3.05) is 30.8 Å². The number of ether oxygens (including phenoxy) is 1. The van der Waals surface area contributed by atoms with Crippen LogP contribution < -0.4 is 10.6 Å². The van der Waals surface area contributed by atoms with Crippen LogP contribution >= 0.6 is 0 Å². The van der Waals surface area contributed by atoms with Crippen molar-refractivity contribution < 1.29 is 4.74 Å². The highest BCUT2D eigenvalue weighted by Crippen LogP contribution is 2.27. The maximum Gasteiger partial charge on any atom is 0.0992 e. The largest absolute Gasteiger partial charge is 0.397 e. The lowest BCUT2D eigenvalue weighted by molar-refractivity contribution is 0.0894. The molecule has 1 fully saturated rings. The first-order valence-corrected chi connectivity index (χ1v) is 5.82. The Bertz CT molecular complexity index is 439. The number of nitrogens with two attached hydrogens (primary N) is 1. The average molecular weight is 231 g/mol. The molecule has 1 aromatic rings. The van der Waals surface area contributed by atoms with Gasteiger partial charge in [0.2, 0.25) is 0 Å². The van der Waals surface area contributed by atoms with Gasteiger partial charge in [-0.2, -0.15) is 5.26 Å². The van der Waals surface area contributed by atoms with Crippen molar-refractivity contribution in [2.24, 2.45) is 0 Å². The van der Waals surface area contributed by atoms with Gasteiger partial charge < -0.3 is 15.4 Å². The van der Waals surface area contributed by atoms with E-state index in [-0.39, 0.29) is 6.10 Å². The van der Waals surface area contributed by atoms with Crippen LogP contribution in [0.25, 0.3) is 0 Å². The van der Waals surface area contributed by atoms with Gasteiger partial charge in [-0.05, 0) is 31.0 Å². The summed E-state index contributed by atoms with van der Waals surface area (Å²) in [4.78, 5) is 2.23. The number of hydrogen-bond acceptors (Lipinski definition) is 4. The fourth-order valence-corrected chi connectivity index (χ4v) is 2.26. The van der Waals surface area contributed by atoms with Crippen LogP contribution in [-0.2, 0) is 4.74 Å². The van der Waals surface area contributed by atoms with E-state index in [0.29, 0.717) is 11.3 Å². The van der Waals surface area contributed by atoms with Gasteiger partial charge in [0.15, 0.2) is 0 Å². The molecule has 0 aromatic heterocycles. The molecule has 0 bridgehead atoms. The smallest absolute Gasteiger partial charge is 0.0992 e. The number of nitriles is 1. The molecule has 1 aliphatic heterocycles. The number of piperidine rings is 1. The predicted molar refractivity (Wildman–Crippen MR) is 67.8 cm³/mol. The second-order valence-corrected chi connectivity index (χ2v) is 4.33. The first-order chi connectivity index (χ1) is 8.24. The standard InChI is InChI=1S/C13H17N3O/c1-17-11-3-2-6-16(9-11)13-5-4-10(8-14)7-12(13)15/h4-5,7,11H,2-3,6,9,15H2,1H3. The van der Waals surface area contributed by atoms with E-state index in [0.717, 1.165) is 31.6 Å². The minimum Gasteiger partial charge on any atom is -0.397 e. The van der Waals surface area contributed by atoms with Gasteiger partial charge in [-0.3, -0.25) is 0 Å². The summed E-state index contributed by atoms with van der Waals surface area (Å²) in [5, 5.41) is 8.80. The SMILES string of the molecule is COC1CCCN(c2ccc(C#N)cc2N)C1. The molecule has 17 heavy (non-hydrogen) atoms. The Morgan fingerprint density at radius 3 is 3.00 bits per heavy atom. The third-order valence-corrected chi connectivity index (χ3v) is 3.21. The number of nitrogen functional groups attached to an aromatic ring is 1. The van der Waals surface area contributed by atoms with Gasteiger partial charge in [-0.15, -0.1) is 0 Å². The van der Waals surface area contributed by atoms with Crippen LogP contribution in [0, 0.1) is 11.3 Å². The lowest BCUT2D eigenvalue weighted by Crippen LogP contribution is -2.39. The van der Waals surface area contributed by atoms with E-state index >= 15 is 0 Å². The van der Waals surface area contributed by atoms with Gasteiger partial charge in [0.25, 0.3) is 0 Å². The molecule has 1 unspecified atom stereocenters. The minimum absolute atomic E-state index is 0.277. The second kappa shape index (κ2) is 5.07. The number of anilines is 2. The molecular weight excluding hydrogens is 214 g/mol. The summed E-state index contributed by atoms with van der Waals surface area (Å²) >= 11 is 0. The zero-order valence-electron chi connectivity index (χ0n) is 10.0. The highest BCUT2D eigenvalue weighted by atomic mass is 16.5. The first-order valence-electron chi connectivity index (χ1n) is 5.82. The lowest BCUT2D eigenvalue weighted by atomic mass is 10.1. The van der Waals surface area contributed by atoms with Crippen LogP contribution in [0.3, 0.4) is 0 Å². The zero-order chi connectivity index (χ0) is 12.3. The van der Waals surface area contributed by atoms with Crippen molar-refractivity contribution in [1.82, 2.24) is 0 Å². The molecule has 2 N–H and O–H groups in total. The summed E-state index contributed by atoms with van der Waals surface area (Å²) < 4.78 is 5.39. The van der Waals surface area contributed by atoms with E-state index in [1.165, 1.54) is 0 Å². The van der Waals surface area contributed by atoms with Gasteiger partial charge >= 0.3 is 0 Å².